The topological polar surface area (TPSA) is 125 Å². The Morgan fingerprint density at radius 3 is 2.17 bits per heavy atom. The largest absolute Gasteiger partial charge is 0.329 e. The van der Waals surface area contributed by atoms with E-state index in [0.717, 1.165) is 5.06 Å². The highest BCUT2D eigenvalue weighted by atomic mass is 16.8. The molecule has 2 rings (SSSR count). The Kier molecular flexibility index (Phi) is 5.95. The van der Waals surface area contributed by atoms with Crippen molar-refractivity contribution in [2.75, 3.05) is 23.2 Å². The van der Waals surface area contributed by atoms with Gasteiger partial charge in [-0.2, -0.15) is 5.06 Å². The number of imide groups is 1. The summed E-state index contributed by atoms with van der Waals surface area (Å²) in [5.41, 5.74) is 8.96. The van der Waals surface area contributed by atoms with Gasteiger partial charge in [-0.3, -0.25) is 19.2 Å². The SMILES string of the molecule is NCCNN(C=O)c1ccc(N(C=O)ON2C(=O)CCC2=O)cc1. The molecule has 1 fully saturated rings. The summed E-state index contributed by atoms with van der Waals surface area (Å²) < 4.78 is 0. The Bertz CT molecular complexity index is 604. The first-order chi connectivity index (χ1) is 11.6. The van der Waals surface area contributed by atoms with Gasteiger partial charge in [0.15, 0.2) is 0 Å². The maximum atomic E-state index is 11.5. The first-order valence-corrected chi connectivity index (χ1v) is 7.17. The van der Waals surface area contributed by atoms with E-state index >= 15 is 0 Å². The minimum absolute atomic E-state index is 0.0472. The zero-order valence-corrected chi connectivity index (χ0v) is 12.8. The van der Waals surface area contributed by atoms with E-state index in [-0.39, 0.29) is 18.5 Å². The van der Waals surface area contributed by atoms with Crippen molar-refractivity contribution >= 4 is 36.0 Å². The van der Waals surface area contributed by atoms with Crippen molar-refractivity contribution in [2.24, 2.45) is 5.73 Å². The summed E-state index contributed by atoms with van der Waals surface area (Å²) in [6.07, 6.45) is 1.01. The molecule has 128 valence electrons. The molecular weight excluding hydrogens is 318 g/mol. The number of nitrogens with one attached hydrogen (secondary N) is 1. The molecule has 0 aromatic heterocycles. The van der Waals surface area contributed by atoms with Crippen LogP contribution in [0.15, 0.2) is 24.3 Å². The lowest BCUT2D eigenvalue weighted by atomic mass is 10.3. The number of amides is 4. The second-order valence-electron chi connectivity index (χ2n) is 4.78. The van der Waals surface area contributed by atoms with Gasteiger partial charge in [-0.1, -0.05) is 0 Å². The van der Waals surface area contributed by atoms with Crippen LogP contribution in [-0.4, -0.2) is 42.8 Å². The lowest BCUT2D eigenvalue weighted by Crippen LogP contribution is -2.40. The lowest BCUT2D eigenvalue weighted by Gasteiger charge is -2.22. The van der Waals surface area contributed by atoms with Crippen molar-refractivity contribution < 1.29 is 24.1 Å². The highest BCUT2D eigenvalue weighted by Gasteiger charge is 2.32. The fourth-order valence-corrected chi connectivity index (χ4v) is 2.00. The number of hydroxylamine groups is 3. The van der Waals surface area contributed by atoms with E-state index in [9.17, 15) is 19.2 Å². The first-order valence-electron chi connectivity index (χ1n) is 7.17. The number of hydrazine groups is 1. The van der Waals surface area contributed by atoms with Gasteiger partial charge in [-0.05, 0) is 24.3 Å². The molecular formula is C14H17N5O5. The van der Waals surface area contributed by atoms with E-state index in [0.29, 0.717) is 36.7 Å². The molecule has 1 aromatic rings. The molecule has 3 N–H and O–H groups in total. The molecule has 1 saturated heterocycles. The van der Waals surface area contributed by atoms with Gasteiger partial charge in [0.1, 0.15) is 0 Å². The summed E-state index contributed by atoms with van der Waals surface area (Å²) >= 11 is 0. The van der Waals surface area contributed by atoms with Crippen LogP contribution in [0.3, 0.4) is 0 Å². The summed E-state index contributed by atoms with van der Waals surface area (Å²) in [7, 11) is 0. The average molecular weight is 335 g/mol. The number of nitrogens with zero attached hydrogens (tertiary/aromatic N) is 3. The van der Waals surface area contributed by atoms with Crippen molar-refractivity contribution in [1.29, 1.82) is 0 Å². The van der Waals surface area contributed by atoms with E-state index in [1.165, 1.54) is 17.1 Å². The summed E-state index contributed by atoms with van der Waals surface area (Å²) in [4.78, 5) is 50.3. The van der Waals surface area contributed by atoms with Gasteiger partial charge in [0.25, 0.3) is 11.8 Å². The lowest BCUT2D eigenvalue weighted by molar-refractivity contribution is -0.191. The number of carbonyl (C=O) groups excluding carboxylic acids is 4. The molecule has 4 amide bonds. The molecule has 0 radical (unpaired) electrons. The minimum atomic E-state index is -0.512. The van der Waals surface area contributed by atoms with E-state index in [4.69, 9.17) is 10.7 Å². The molecule has 0 spiro atoms. The van der Waals surface area contributed by atoms with E-state index < -0.39 is 11.8 Å². The third kappa shape index (κ3) is 3.93. The standard InChI is InChI=1S/C14H17N5O5/c15-7-8-16-17(9-20)11-1-3-12(4-2-11)18(10-21)24-19-13(22)5-6-14(19)23/h1-4,9-10,16H,5-8,15H2. The molecule has 10 heteroatoms. The molecule has 10 nitrogen and oxygen atoms in total. The molecule has 1 aromatic carbocycles. The molecule has 1 aliphatic rings. The van der Waals surface area contributed by atoms with Crippen LogP contribution in [0.1, 0.15) is 12.8 Å². The van der Waals surface area contributed by atoms with Gasteiger partial charge < -0.3 is 5.73 Å². The van der Waals surface area contributed by atoms with Gasteiger partial charge in [0.05, 0.1) is 11.4 Å². The quantitative estimate of drug-likeness (QED) is 0.339. The van der Waals surface area contributed by atoms with Gasteiger partial charge in [-0.25, -0.2) is 10.4 Å². The van der Waals surface area contributed by atoms with Crippen molar-refractivity contribution in [1.82, 2.24) is 10.5 Å². The molecule has 0 bridgehead atoms. The van der Waals surface area contributed by atoms with Crippen LogP contribution in [0, 0.1) is 0 Å². The molecule has 0 aliphatic carbocycles. The summed E-state index contributed by atoms with van der Waals surface area (Å²) in [6.45, 7) is 0.760. The Labute approximate surface area is 137 Å². The van der Waals surface area contributed by atoms with E-state index in [2.05, 4.69) is 5.43 Å². The second-order valence-corrected chi connectivity index (χ2v) is 4.78. The maximum Gasteiger partial charge on any atom is 0.256 e. The van der Waals surface area contributed by atoms with Crippen LogP contribution in [-0.2, 0) is 24.1 Å². The predicted octanol–water partition coefficient (Wildman–Crippen LogP) is -0.929. The Morgan fingerprint density at radius 1 is 1.08 bits per heavy atom. The zero-order valence-electron chi connectivity index (χ0n) is 12.8. The van der Waals surface area contributed by atoms with Crippen LogP contribution in [0.25, 0.3) is 0 Å². The van der Waals surface area contributed by atoms with Crippen molar-refractivity contribution in [2.45, 2.75) is 12.8 Å². The maximum absolute atomic E-state index is 11.5. The number of carbonyl (C=O) groups is 4. The minimum Gasteiger partial charge on any atom is -0.329 e. The van der Waals surface area contributed by atoms with Crippen LogP contribution in [0.4, 0.5) is 11.4 Å². The number of benzene rings is 1. The smallest absolute Gasteiger partial charge is 0.256 e. The number of nitrogens with two attached hydrogens (primary N) is 1. The summed E-state index contributed by atoms with van der Waals surface area (Å²) in [6, 6.07) is 6.10. The van der Waals surface area contributed by atoms with Crippen molar-refractivity contribution in [3.05, 3.63) is 24.3 Å². The monoisotopic (exact) mass is 335 g/mol. The van der Waals surface area contributed by atoms with E-state index in [1.807, 2.05) is 0 Å². The third-order valence-corrected chi connectivity index (χ3v) is 3.19. The molecule has 24 heavy (non-hydrogen) atoms. The normalized spacial score (nSPS) is 14.0. The number of anilines is 2. The number of hydrogen-bond acceptors (Lipinski definition) is 7. The van der Waals surface area contributed by atoms with Crippen LogP contribution in [0.2, 0.25) is 0 Å². The first kappa shape index (κ1) is 17.5. The predicted molar refractivity (Wildman–Crippen MR) is 82.8 cm³/mol. The molecule has 0 unspecified atom stereocenters. The Balaban J connectivity index is 2.09. The zero-order chi connectivity index (χ0) is 17.5. The van der Waals surface area contributed by atoms with Crippen LogP contribution < -0.4 is 21.2 Å². The summed E-state index contributed by atoms with van der Waals surface area (Å²) in [5, 5.41) is 2.54. The number of rotatable bonds is 9. The fraction of sp³-hybridized carbons (Fsp3) is 0.286. The second kappa shape index (κ2) is 8.15. The van der Waals surface area contributed by atoms with Gasteiger partial charge in [-0.15, -0.1) is 10.0 Å². The van der Waals surface area contributed by atoms with Crippen molar-refractivity contribution in [3.8, 4) is 0 Å². The number of hydrogen-bond donors (Lipinski definition) is 2. The molecule has 0 atom stereocenters. The van der Waals surface area contributed by atoms with Crippen LogP contribution in [0.5, 0.6) is 0 Å². The van der Waals surface area contributed by atoms with Gasteiger partial charge >= 0.3 is 0 Å². The Hall–Kier alpha value is -2.82. The highest BCUT2D eigenvalue weighted by Crippen LogP contribution is 2.21. The average Bonchev–Trinajstić information content (AvgIpc) is 2.92. The summed E-state index contributed by atoms with van der Waals surface area (Å²) in [5.74, 6) is -1.02. The Morgan fingerprint density at radius 2 is 1.67 bits per heavy atom. The highest BCUT2D eigenvalue weighted by molar-refractivity contribution is 6.00. The van der Waals surface area contributed by atoms with Crippen molar-refractivity contribution in [3.63, 3.8) is 0 Å². The van der Waals surface area contributed by atoms with Crippen LogP contribution >= 0.6 is 0 Å². The van der Waals surface area contributed by atoms with E-state index in [1.54, 1.807) is 12.1 Å². The van der Waals surface area contributed by atoms with Gasteiger partial charge in [0.2, 0.25) is 12.8 Å². The molecule has 0 saturated carbocycles. The third-order valence-electron chi connectivity index (χ3n) is 3.19. The van der Waals surface area contributed by atoms with Gasteiger partial charge in [0, 0.05) is 25.9 Å². The molecule has 1 aliphatic heterocycles. The molecule has 1 heterocycles. The fourth-order valence-electron chi connectivity index (χ4n) is 2.00.